The summed E-state index contributed by atoms with van der Waals surface area (Å²) >= 11 is 6.20. The van der Waals surface area contributed by atoms with E-state index in [0.29, 0.717) is 21.9 Å². The second kappa shape index (κ2) is 7.68. The van der Waals surface area contributed by atoms with E-state index in [2.05, 4.69) is 34.5 Å². The first-order chi connectivity index (χ1) is 14.0. The summed E-state index contributed by atoms with van der Waals surface area (Å²) in [5.41, 5.74) is 5.42. The fourth-order valence-corrected chi connectivity index (χ4v) is 3.58. The summed E-state index contributed by atoms with van der Waals surface area (Å²) in [7, 11) is 0. The summed E-state index contributed by atoms with van der Waals surface area (Å²) in [5, 5.41) is 8.80. The van der Waals surface area contributed by atoms with Gasteiger partial charge < -0.3 is 5.32 Å². The molecule has 1 amide bonds. The van der Waals surface area contributed by atoms with E-state index in [1.807, 2.05) is 38.1 Å². The van der Waals surface area contributed by atoms with Gasteiger partial charge in [0.25, 0.3) is 5.91 Å². The van der Waals surface area contributed by atoms with Crippen LogP contribution in [-0.4, -0.2) is 20.7 Å². The number of aryl methyl sites for hydroxylation is 3. The molecule has 146 valence electrons. The zero-order valence-corrected chi connectivity index (χ0v) is 17.3. The molecule has 0 saturated carbocycles. The van der Waals surface area contributed by atoms with Gasteiger partial charge in [-0.15, -0.1) is 0 Å². The molecule has 0 aliphatic rings. The van der Waals surface area contributed by atoms with E-state index in [9.17, 15) is 4.79 Å². The highest BCUT2D eigenvalue weighted by atomic mass is 35.5. The fraction of sp³-hybridized carbons (Fsp3) is 0.174. The number of carbonyl (C=O) groups is 1. The van der Waals surface area contributed by atoms with Crippen molar-refractivity contribution in [2.45, 2.75) is 27.2 Å². The second-order valence-corrected chi connectivity index (χ2v) is 7.37. The van der Waals surface area contributed by atoms with E-state index in [-0.39, 0.29) is 5.91 Å². The van der Waals surface area contributed by atoms with E-state index >= 15 is 0 Å². The number of hydrogen-bond donors (Lipinski definition) is 1. The summed E-state index contributed by atoms with van der Waals surface area (Å²) < 4.78 is 1.80. The van der Waals surface area contributed by atoms with Crippen LogP contribution < -0.4 is 5.32 Å². The van der Waals surface area contributed by atoms with Crippen LogP contribution in [0.1, 0.15) is 34.2 Å². The van der Waals surface area contributed by atoms with Crippen LogP contribution in [0.25, 0.3) is 16.7 Å². The van der Waals surface area contributed by atoms with Crippen molar-refractivity contribution in [2.24, 2.45) is 0 Å². The van der Waals surface area contributed by atoms with Gasteiger partial charge in [-0.3, -0.25) is 4.79 Å². The summed E-state index contributed by atoms with van der Waals surface area (Å²) in [6, 6.07) is 17.2. The average molecular weight is 405 g/mol. The highest BCUT2D eigenvalue weighted by Crippen LogP contribution is 2.27. The number of carbonyl (C=O) groups excluding carboxylic acids is 1. The quantitative estimate of drug-likeness (QED) is 0.488. The Morgan fingerprint density at radius 3 is 2.52 bits per heavy atom. The molecule has 0 aliphatic carbocycles. The zero-order chi connectivity index (χ0) is 20.5. The first kappa shape index (κ1) is 19.2. The number of amides is 1. The summed E-state index contributed by atoms with van der Waals surface area (Å²) in [4.78, 5) is 17.8. The topological polar surface area (TPSA) is 59.8 Å². The molecular formula is C23H21ClN4O. The van der Waals surface area contributed by atoms with Gasteiger partial charge >= 0.3 is 0 Å². The van der Waals surface area contributed by atoms with Crippen LogP contribution in [0.4, 0.5) is 5.69 Å². The van der Waals surface area contributed by atoms with Gasteiger partial charge in [-0.05, 0) is 56.2 Å². The van der Waals surface area contributed by atoms with Gasteiger partial charge in [0.2, 0.25) is 0 Å². The summed E-state index contributed by atoms with van der Waals surface area (Å²) in [5.74, 6) is -0.238. The molecule has 0 atom stereocenters. The number of anilines is 1. The maximum absolute atomic E-state index is 13.1. The number of nitrogens with zero attached hydrogens (tertiary/aromatic N) is 3. The number of benzene rings is 2. The van der Waals surface area contributed by atoms with Crippen molar-refractivity contribution in [2.75, 3.05) is 5.32 Å². The third-order valence-corrected chi connectivity index (χ3v) is 5.23. The lowest BCUT2D eigenvalue weighted by Crippen LogP contribution is -2.13. The van der Waals surface area contributed by atoms with Gasteiger partial charge in [-0.1, -0.05) is 42.8 Å². The average Bonchev–Trinajstić information content (AvgIpc) is 3.05. The predicted molar refractivity (Wildman–Crippen MR) is 117 cm³/mol. The lowest BCUT2D eigenvalue weighted by atomic mass is 10.1. The van der Waals surface area contributed by atoms with Crippen molar-refractivity contribution >= 4 is 34.2 Å². The molecule has 4 aromatic rings. The molecule has 29 heavy (non-hydrogen) atoms. The molecule has 0 radical (unpaired) electrons. The summed E-state index contributed by atoms with van der Waals surface area (Å²) in [6.45, 7) is 5.89. The molecule has 0 aliphatic heterocycles. The number of pyridine rings is 1. The molecule has 0 fully saturated rings. The maximum Gasteiger partial charge on any atom is 0.256 e. The number of para-hydroxylation sites is 1. The van der Waals surface area contributed by atoms with Gasteiger partial charge in [-0.25, -0.2) is 9.67 Å². The monoisotopic (exact) mass is 404 g/mol. The van der Waals surface area contributed by atoms with Crippen LogP contribution in [0, 0.1) is 13.8 Å². The van der Waals surface area contributed by atoms with E-state index in [4.69, 9.17) is 11.6 Å². The Morgan fingerprint density at radius 2 is 1.83 bits per heavy atom. The van der Waals surface area contributed by atoms with Gasteiger partial charge in [0.1, 0.15) is 0 Å². The lowest BCUT2D eigenvalue weighted by Gasteiger charge is -2.09. The lowest BCUT2D eigenvalue weighted by molar-refractivity contribution is 0.102. The minimum Gasteiger partial charge on any atom is -0.321 e. The minimum absolute atomic E-state index is 0.238. The number of halogens is 1. The second-order valence-electron chi connectivity index (χ2n) is 6.96. The van der Waals surface area contributed by atoms with Crippen molar-refractivity contribution in [1.82, 2.24) is 14.8 Å². The van der Waals surface area contributed by atoms with Crippen LogP contribution >= 0.6 is 11.6 Å². The molecule has 0 spiro atoms. The molecule has 4 rings (SSSR count). The molecule has 1 N–H and O–H groups in total. The Hall–Kier alpha value is -3.18. The van der Waals surface area contributed by atoms with Crippen molar-refractivity contribution in [3.8, 4) is 5.69 Å². The van der Waals surface area contributed by atoms with Crippen molar-refractivity contribution in [3.05, 3.63) is 82.1 Å². The Balaban J connectivity index is 1.82. The highest BCUT2D eigenvalue weighted by molar-refractivity contribution is 6.34. The number of rotatable bonds is 4. The molecule has 2 aromatic heterocycles. The standard InChI is InChI=1S/C23H21ClN4O/c1-4-16-9-11-17(12-10-16)28-22-21(15(3)27-28)18(13-14(2)25-22)23(29)26-20-8-6-5-7-19(20)24/h5-13H,4H2,1-3H3,(H,26,29). The van der Waals surface area contributed by atoms with Gasteiger partial charge in [-0.2, -0.15) is 5.10 Å². The highest BCUT2D eigenvalue weighted by Gasteiger charge is 2.20. The zero-order valence-electron chi connectivity index (χ0n) is 16.5. The summed E-state index contributed by atoms with van der Waals surface area (Å²) in [6.07, 6.45) is 0.975. The number of fused-ring (bicyclic) bond motifs is 1. The van der Waals surface area contributed by atoms with Crippen molar-refractivity contribution in [3.63, 3.8) is 0 Å². The van der Waals surface area contributed by atoms with Gasteiger partial charge in [0, 0.05) is 5.69 Å². The first-order valence-electron chi connectivity index (χ1n) is 9.50. The van der Waals surface area contributed by atoms with Gasteiger partial charge in [0.05, 0.1) is 33.0 Å². The largest absolute Gasteiger partial charge is 0.321 e. The molecule has 6 heteroatoms. The molecule has 0 unspecified atom stereocenters. The van der Waals surface area contributed by atoms with Crippen LogP contribution in [0.15, 0.2) is 54.6 Å². The third kappa shape index (κ3) is 3.61. The minimum atomic E-state index is -0.238. The van der Waals surface area contributed by atoms with Gasteiger partial charge in [0.15, 0.2) is 5.65 Å². The molecule has 5 nitrogen and oxygen atoms in total. The van der Waals surface area contributed by atoms with Crippen molar-refractivity contribution in [1.29, 1.82) is 0 Å². The van der Waals surface area contributed by atoms with E-state index in [1.165, 1.54) is 5.56 Å². The fourth-order valence-electron chi connectivity index (χ4n) is 3.40. The number of hydrogen-bond acceptors (Lipinski definition) is 3. The Morgan fingerprint density at radius 1 is 1.10 bits per heavy atom. The van der Waals surface area contributed by atoms with E-state index in [0.717, 1.165) is 28.9 Å². The van der Waals surface area contributed by atoms with Crippen LogP contribution in [0.3, 0.4) is 0 Å². The number of nitrogens with one attached hydrogen (secondary N) is 1. The maximum atomic E-state index is 13.1. The Labute approximate surface area is 174 Å². The normalized spacial score (nSPS) is 11.0. The van der Waals surface area contributed by atoms with Crippen LogP contribution in [0.5, 0.6) is 0 Å². The molecule has 0 bridgehead atoms. The smallest absolute Gasteiger partial charge is 0.256 e. The molecular weight excluding hydrogens is 384 g/mol. The molecule has 0 saturated heterocycles. The first-order valence-corrected chi connectivity index (χ1v) is 9.88. The van der Waals surface area contributed by atoms with E-state index in [1.54, 1.807) is 22.9 Å². The van der Waals surface area contributed by atoms with Crippen molar-refractivity contribution < 1.29 is 4.79 Å². The third-order valence-electron chi connectivity index (χ3n) is 4.90. The molecule has 2 heterocycles. The predicted octanol–water partition coefficient (Wildman–Crippen LogP) is 5.51. The number of aromatic nitrogens is 3. The molecule has 2 aromatic carbocycles. The Bertz CT molecular complexity index is 1210. The van der Waals surface area contributed by atoms with Crippen LogP contribution in [0.2, 0.25) is 5.02 Å². The Kier molecular flexibility index (Phi) is 5.07. The SMILES string of the molecule is CCc1ccc(-n2nc(C)c3c(C(=O)Nc4ccccc4Cl)cc(C)nc32)cc1. The van der Waals surface area contributed by atoms with Crippen LogP contribution in [-0.2, 0) is 6.42 Å². The van der Waals surface area contributed by atoms with E-state index < -0.39 is 0 Å².